The molecule has 0 bridgehead atoms. The highest BCUT2D eigenvalue weighted by atomic mass is 15.1. The Kier molecular flexibility index (Phi) is 37.1. The molecule has 0 saturated carbocycles. The van der Waals surface area contributed by atoms with Gasteiger partial charge in [-0.2, -0.15) is 0 Å². The molecule has 0 aliphatic carbocycles. The molecule has 254 valence electrons. The van der Waals surface area contributed by atoms with E-state index in [4.69, 9.17) is 0 Å². The molecule has 0 amide bonds. The summed E-state index contributed by atoms with van der Waals surface area (Å²) in [7, 11) is 2.38. The average molecular weight is 592 g/mol. The Hall–Kier alpha value is -0.0400. The summed E-state index contributed by atoms with van der Waals surface area (Å²) >= 11 is 0. The Labute approximate surface area is 269 Å². The van der Waals surface area contributed by atoms with Gasteiger partial charge in [0.2, 0.25) is 0 Å². The first kappa shape index (κ1) is 42.0. The predicted molar refractivity (Wildman–Crippen MR) is 195 cm³/mol. The number of unbranched alkanes of at least 4 members (excludes halogenated alkanes) is 27. The molecule has 0 heterocycles. The summed E-state index contributed by atoms with van der Waals surface area (Å²) in [6, 6.07) is 0. The SMILES string of the molecule is CCCCCCCCCCCCCCCCCCN(C)CCCC(CCCCCCCC)CCCCCCCCCC. The van der Waals surface area contributed by atoms with Crippen molar-refractivity contribution in [2.24, 2.45) is 5.92 Å². The van der Waals surface area contributed by atoms with Crippen molar-refractivity contribution in [1.82, 2.24) is 4.90 Å². The second kappa shape index (κ2) is 37.1. The van der Waals surface area contributed by atoms with E-state index in [0.29, 0.717) is 0 Å². The molecule has 0 aliphatic heterocycles. The van der Waals surface area contributed by atoms with Gasteiger partial charge in [-0.25, -0.2) is 0 Å². The fourth-order valence-electron chi connectivity index (χ4n) is 6.90. The highest BCUT2D eigenvalue weighted by Gasteiger charge is 2.10. The summed E-state index contributed by atoms with van der Waals surface area (Å²) in [4.78, 5) is 2.64. The number of hydrogen-bond acceptors (Lipinski definition) is 1. The van der Waals surface area contributed by atoms with Crippen LogP contribution in [0.15, 0.2) is 0 Å². The highest BCUT2D eigenvalue weighted by molar-refractivity contribution is 4.64. The van der Waals surface area contributed by atoms with E-state index in [9.17, 15) is 0 Å². The quantitative estimate of drug-likeness (QED) is 0.0649. The Bertz CT molecular complexity index is 460. The van der Waals surface area contributed by atoms with Crippen molar-refractivity contribution < 1.29 is 0 Å². The van der Waals surface area contributed by atoms with E-state index >= 15 is 0 Å². The molecule has 0 aromatic heterocycles. The Morgan fingerprint density at radius 3 is 0.857 bits per heavy atom. The van der Waals surface area contributed by atoms with Gasteiger partial charge in [-0.05, 0) is 45.3 Å². The van der Waals surface area contributed by atoms with Crippen LogP contribution in [0, 0.1) is 5.92 Å². The fraction of sp³-hybridized carbons (Fsp3) is 1.00. The average Bonchev–Trinajstić information content (AvgIpc) is 2.99. The number of rotatable bonds is 37. The van der Waals surface area contributed by atoms with Crippen molar-refractivity contribution in [2.75, 3.05) is 20.1 Å². The lowest BCUT2D eigenvalue weighted by atomic mass is 9.90. The van der Waals surface area contributed by atoms with Crippen LogP contribution in [0.1, 0.15) is 239 Å². The monoisotopic (exact) mass is 592 g/mol. The molecule has 0 saturated heterocycles. The topological polar surface area (TPSA) is 3.24 Å². The van der Waals surface area contributed by atoms with Crippen LogP contribution < -0.4 is 0 Å². The zero-order chi connectivity index (χ0) is 30.6. The molecule has 1 heteroatoms. The molecule has 1 nitrogen and oxygen atoms in total. The highest BCUT2D eigenvalue weighted by Crippen LogP contribution is 2.24. The molecule has 0 radical (unpaired) electrons. The van der Waals surface area contributed by atoms with Gasteiger partial charge in [-0.3, -0.25) is 0 Å². The maximum absolute atomic E-state index is 2.64. The molecule has 1 unspecified atom stereocenters. The van der Waals surface area contributed by atoms with E-state index in [1.165, 1.54) is 231 Å². The van der Waals surface area contributed by atoms with Crippen molar-refractivity contribution in [2.45, 2.75) is 239 Å². The van der Waals surface area contributed by atoms with Crippen LogP contribution >= 0.6 is 0 Å². The van der Waals surface area contributed by atoms with E-state index < -0.39 is 0 Å². The van der Waals surface area contributed by atoms with Crippen LogP contribution in [0.25, 0.3) is 0 Å². The van der Waals surface area contributed by atoms with E-state index in [2.05, 4.69) is 32.7 Å². The third-order valence-corrected chi connectivity index (χ3v) is 9.98. The molecule has 0 spiro atoms. The minimum atomic E-state index is 1.00. The lowest BCUT2D eigenvalue weighted by molar-refractivity contribution is 0.292. The lowest BCUT2D eigenvalue weighted by Gasteiger charge is -2.20. The summed E-state index contributed by atoms with van der Waals surface area (Å²) in [6.45, 7) is 9.60. The summed E-state index contributed by atoms with van der Waals surface area (Å²) in [5.41, 5.74) is 0. The first-order chi connectivity index (χ1) is 20.7. The maximum atomic E-state index is 2.64. The molecule has 0 N–H and O–H groups in total. The summed E-state index contributed by atoms with van der Waals surface area (Å²) in [5.74, 6) is 1.00. The molecule has 42 heavy (non-hydrogen) atoms. The second-order valence-electron chi connectivity index (χ2n) is 14.4. The molecule has 0 fully saturated rings. The Balaban J connectivity index is 3.74. The van der Waals surface area contributed by atoms with E-state index in [1.54, 1.807) is 0 Å². The minimum Gasteiger partial charge on any atom is -0.306 e. The van der Waals surface area contributed by atoms with Crippen molar-refractivity contribution in [3.05, 3.63) is 0 Å². The largest absolute Gasteiger partial charge is 0.306 e. The minimum absolute atomic E-state index is 1.00. The van der Waals surface area contributed by atoms with Gasteiger partial charge in [0.1, 0.15) is 0 Å². The Morgan fingerprint density at radius 1 is 0.286 bits per heavy atom. The van der Waals surface area contributed by atoms with Crippen LogP contribution in [-0.2, 0) is 0 Å². The predicted octanol–water partition coefficient (Wildman–Crippen LogP) is 14.9. The summed E-state index contributed by atoms with van der Waals surface area (Å²) < 4.78 is 0. The molecule has 0 aromatic rings. The smallest absolute Gasteiger partial charge is 0.00217 e. The fourth-order valence-corrected chi connectivity index (χ4v) is 6.90. The third kappa shape index (κ3) is 34.5. The molecular weight excluding hydrogens is 506 g/mol. The zero-order valence-electron chi connectivity index (χ0n) is 30.5. The number of nitrogens with zero attached hydrogens (tertiary/aromatic N) is 1. The van der Waals surface area contributed by atoms with Crippen molar-refractivity contribution >= 4 is 0 Å². The van der Waals surface area contributed by atoms with Gasteiger partial charge < -0.3 is 4.90 Å². The second-order valence-corrected chi connectivity index (χ2v) is 14.4. The van der Waals surface area contributed by atoms with Gasteiger partial charge in [0.05, 0.1) is 0 Å². The molecule has 0 aliphatic rings. The molecule has 0 aromatic carbocycles. The van der Waals surface area contributed by atoms with E-state index in [-0.39, 0.29) is 0 Å². The first-order valence-electron chi connectivity index (χ1n) is 20.4. The van der Waals surface area contributed by atoms with Crippen molar-refractivity contribution in [3.8, 4) is 0 Å². The zero-order valence-corrected chi connectivity index (χ0v) is 30.5. The van der Waals surface area contributed by atoms with Crippen LogP contribution in [-0.4, -0.2) is 25.0 Å². The van der Waals surface area contributed by atoms with Gasteiger partial charge in [-0.1, -0.05) is 220 Å². The molecule has 1 atom stereocenters. The van der Waals surface area contributed by atoms with Gasteiger partial charge in [0, 0.05) is 0 Å². The lowest BCUT2D eigenvalue weighted by Crippen LogP contribution is -2.21. The van der Waals surface area contributed by atoms with E-state index in [1.807, 2.05) is 0 Å². The van der Waals surface area contributed by atoms with Gasteiger partial charge in [-0.15, -0.1) is 0 Å². The van der Waals surface area contributed by atoms with Gasteiger partial charge in [0.25, 0.3) is 0 Å². The van der Waals surface area contributed by atoms with Gasteiger partial charge in [0.15, 0.2) is 0 Å². The Morgan fingerprint density at radius 2 is 0.524 bits per heavy atom. The number of hydrogen-bond donors (Lipinski definition) is 0. The van der Waals surface area contributed by atoms with Crippen molar-refractivity contribution in [3.63, 3.8) is 0 Å². The maximum Gasteiger partial charge on any atom is -0.00217 e. The molecule has 0 rings (SSSR count). The van der Waals surface area contributed by atoms with Crippen LogP contribution in [0.3, 0.4) is 0 Å². The first-order valence-corrected chi connectivity index (χ1v) is 20.4. The summed E-state index contributed by atoms with van der Waals surface area (Å²) in [6.07, 6.45) is 49.7. The standard InChI is InChI=1S/C41H85N/c1-5-8-11-14-17-19-20-21-22-23-24-25-26-28-31-34-39-42(4)40-35-38-41(36-32-29-16-13-10-7-3)37-33-30-27-18-15-12-9-6-2/h41H,5-40H2,1-4H3. The van der Waals surface area contributed by atoms with E-state index in [0.717, 1.165) is 5.92 Å². The van der Waals surface area contributed by atoms with Crippen molar-refractivity contribution in [1.29, 1.82) is 0 Å². The van der Waals surface area contributed by atoms with Gasteiger partial charge >= 0.3 is 0 Å². The summed E-state index contributed by atoms with van der Waals surface area (Å²) in [5, 5.41) is 0. The van der Waals surface area contributed by atoms with Crippen LogP contribution in [0.5, 0.6) is 0 Å². The normalized spacial score (nSPS) is 12.5. The third-order valence-electron chi connectivity index (χ3n) is 9.98. The van der Waals surface area contributed by atoms with Crippen LogP contribution in [0.4, 0.5) is 0 Å². The molecular formula is C41H85N. The van der Waals surface area contributed by atoms with Crippen LogP contribution in [0.2, 0.25) is 0 Å².